The third kappa shape index (κ3) is 1.49. The Morgan fingerprint density at radius 2 is 2.08 bits per heavy atom. The van der Waals surface area contributed by atoms with Crippen molar-refractivity contribution in [2.24, 2.45) is 0 Å². The lowest BCUT2D eigenvalue weighted by atomic mass is 10.3. The van der Waals surface area contributed by atoms with E-state index < -0.39 is 10.0 Å². The highest BCUT2D eigenvalue weighted by molar-refractivity contribution is 7.89. The zero-order valence-electron chi connectivity index (χ0n) is 7.77. The van der Waals surface area contributed by atoms with Crippen LogP contribution >= 0.6 is 0 Å². The lowest BCUT2D eigenvalue weighted by Crippen LogP contribution is -2.49. The van der Waals surface area contributed by atoms with Crippen LogP contribution in [0.3, 0.4) is 0 Å². The van der Waals surface area contributed by atoms with Gasteiger partial charge in [0.2, 0.25) is 10.0 Å². The average molecular weight is 205 g/mol. The summed E-state index contributed by atoms with van der Waals surface area (Å²) >= 11 is 0. The molecule has 2 saturated heterocycles. The molecule has 0 radical (unpaired) electrons. The summed E-state index contributed by atoms with van der Waals surface area (Å²) in [5, 5.41) is -0.270. The Kier molecular flexibility index (Phi) is 2.33. The third-order valence-corrected chi connectivity index (χ3v) is 5.16. The maximum absolute atomic E-state index is 11.9. The van der Waals surface area contributed by atoms with Gasteiger partial charge in [0.05, 0.1) is 13.2 Å². The molecule has 4 nitrogen and oxygen atoms in total. The van der Waals surface area contributed by atoms with Gasteiger partial charge in [-0.3, -0.25) is 0 Å². The molecule has 1 atom stereocenters. The normalized spacial score (nSPS) is 31.9. The van der Waals surface area contributed by atoms with Gasteiger partial charge >= 0.3 is 0 Å². The minimum Gasteiger partial charge on any atom is -0.378 e. The summed E-state index contributed by atoms with van der Waals surface area (Å²) in [6.07, 6.45) is 1.99. The van der Waals surface area contributed by atoms with Crippen molar-refractivity contribution in [1.82, 2.24) is 4.31 Å². The van der Waals surface area contributed by atoms with Gasteiger partial charge in [0.15, 0.2) is 0 Å². The van der Waals surface area contributed by atoms with Gasteiger partial charge in [-0.1, -0.05) is 0 Å². The predicted octanol–water partition coefficient (Wildman–Crippen LogP) is 0.199. The first-order valence-corrected chi connectivity index (χ1v) is 6.21. The first-order valence-electron chi connectivity index (χ1n) is 4.71. The molecule has 2 aliphatic rings. The van der Waals surface area contributed by atoms with E-state index in [2.05, 4.69) is 0 Å². The van der Waals surface area contributed by atoms with E-state index in [0.717, 1.165) is 12.8 Å². The second-order valence-electron chi connectivity index (χ2n) is 3.81. The molecule has 0 N–H and O–H groups in total. The highest BCUT2D eigenvalue weighted by atomic mass is 32.2. The standard InChI is InChI=1S/C8H15NO3S/c1-7-3-2-4-9(7)13(10,11)8-5-12-6-8/h7-8H,2-6H2,1H3. The largest absolute Gasteiger partial charge is 0.378 e. The quantitative estimate of drug-likeness (QED) is 0.647. The zero-order chi connectivity index (χ0) is 9.47. The number of ether oxygens (including phenoxy) is 1. The van der Waals surface area contributed by atoms with Crippen LogP contribution in [0.25, 0.3) is 0 Å². The fraction of sp³-hybridized carbons (Fsp3) is 1.00. The molecule has 76 valence electrons. The minimum atomic E-state index is -3.04. The Balaban J connectivity index is 2.13. The fourth-order valence-corrected chi connectivity index (χ4v) is 3.77. The van der Waals surface area contributed by atoms with Gasteiger partial charge in [-0.15, -0.1) is 0 Å². The van der Waals surface area contributed by atoms with Crippen LogP contribution in [-0.4, -0.2) is 43.8 Å². The molecule has 5 heteroatoms. The molecule has 0 bridgehead atoms. The van der Waals surface area contributed by atoms with Gasteiger partial charge in [-0.2, -0.15) is 4.31 Å². The van der Waals surface area contributed by atoms with Gasteiger partial charge in [0, 0.05) is 12.6 Å². The summed E-state index contributed by atoms with van der Waals surface area (Å²) < 4.78 is 30.3. The molecule has 0 saturated carbocycles. The Morgan fingerprint density at radius 3 is 2.46 bits per heavy atom. The molecule has 0 aromatic rings. The third-order valence-electron chi connectivity index (χ3n) is 2.85. The maximum atomic E-state index is 11.9. The van der Waals surface area contributed by atoms with Gasteiger partial charge in [-0.25, -0.2) is 8.42 Å². The van der Waals surface area contributed by atoms with Gasteiger partial charge in [0.1, 0.15) is 5.25 Å². The van der Waals surface area contributed by atoms with Crippen molar-refractivity contribution in [3.8, 4) is 0 Å². The molecule has 1 unspecified atom stereocenters. The van der Waals surface area contributed by atoms with Crippen LogP contribution < -0.4 is 0 Å². The fourth-order valence-electron chi connectivity index (χ4n) is 1.86. The van der Waals surface area contributed by atoms with Gasteiger partial charge < -0.3 is 4.74 Å². The molecular formula is C8H15NO3S. The van der Waals surface area contributed by atoms with E-state index in [1.807, 2.05) is 6.92 Å². The summed E-state index contributed by atoms with van der Waals surface area (Å²) in [4.78, 5) is 0. The minimum absolute atomic E-state index is 0.186. The highest BCUT2D eigenvalue weighted by Crippen LogP contribution is 2.25. The second kappa shape index (κ2) is 3.22. The van der Waals surface area contributed by atoms with E-state index in [1.54, 1.807) is 4.31 Å². The van der Waals surface area contributed by atoms with Crippen LogP contribution in [0.1, 0.15) is 19.8 Å². The van der Waals surface area contributed by atoms with Crippen molar-refractivity contribution in [2.45, 2.75) is 31.1 Å². The predicted molar refractivity (Wildman–Crippen MR) is 48.9 cm³/mol. The topological polar surface area (TPSA) is 46.6 Å². The van der Waals surface area contributed by atoms with E-state index in [4.69, 9.17) is 4.74 Å². The first kappa shape index (κ1) is 9.43. The van der Waals surface area contributed by atoms with Crippen molar-refractivity contribution in [2.75, 3.05) is 19.8 Å². The van der Waals surface area contributed by atoms with Gasteiger partial charge in [-0.05, 0) is 19.8 Å². The highest BCUT2D eigenvalue weighted by Gasteiger charge is 2.40. The molecule has 2 heterocycles. The van der Waals surface area contributed by atoms with Crippen molar-refractivity contribution >= 4 is 10.0 Å². The Morgan fingerprint density at radius 1 is 1.38 bits per heavy atom. The van der Waals surface area contributed by atoms with Crippen LogP contribution in [-0.2, 0) is 14.8 Å². The zero-order valence-corrected chi connectivity index (χ0v) is 8.59. The molecule has 2 aliphatic heterocycles. The summed E-state index contributed by atoms with van der Waals surface area (Å²) in [5.74, 6) is 0. The maximum Gasteiger partial charge on any atom is 0.221 e. The van der Waals surface area contributed by atoms with Crippen molar-refractivity contribution in [3.05, 3.63) is 0 Å². The Labute approximate surface area is 78.9 Å². The summed E-state index contributed by atoms with van der Waals surface area (Å²) in [6, 6.07) is 0.186. The van der Waals surface area contributed by atoms with Crippen LogP contribution in [0.5, 0.6) is 0 Å². The monoisotopic (exact) mass is 205 g/mol. The van der Waals surface area contributed by atoms with Crippen LogP contribution in [0.4, 0.5) is 0 Å². The van der Waals surface area contributed by atoms with Crippen LogP contribution in [0, 0.1) is 0 Å². The molecular weight excluding hydrogens is 190 g/mol. The number of hydrogen-bond donors (Lipinski definition) is 0. The van der Waals surface area contributed by atoms with Gasteiger partial charge in [0.25, 0.3) is 0 Å². The second-order valence-corrected chi connectivity index (χ2v) is 5.97. The molecule has 0 aromatic heterocycles. The number of rotatable bonds is 2. The lowest BCUT2D eigenvalue weighted by molar-refractivity contribution is 0.0391. The number of nitrogens with zero attached hydrogens (tertiary/aromatic N) is 1. The SMILES string of the molecule is CC1CCCN1S(=O)(=O)C1COC1. The van der Waals surface area contributed by atoms with Crippen LogP contribution in [0.15, 0.2) is 0 Å². The molecule has 0 aliphatic carbocycles. The van der Waals surface area contributed by atoms with E-state index in [-0.39, 0.29) is 11.3 Å². The smallest absolute Gasteiger partial charge is 0.221 e. The van der Waals surface area contributed by atoms with E-state index in [9.17, 15) is 8.42 Å². The van der Waals surface area contributed by atoms with E-state index in [1.165, 1.54) is 0 Å². The molecule has 2 fully saturated rings. The number of sulfonamides is 1. The first-order chi connectivity index (χ1) is 6.12. The van der Waals surface area contributed by atoms with Crippen molar-refractivity contribution < 1.29 is 13.2 Å². The average Bonchev–Trinajstić information content (AvgIpc) is 2.29. The molecule has 13 heavy (non-hydrogen) atoms. The molecule has 0 amide bonds. The number of hydrogen-bond acceptors (Lipinski definition) is 3. The molecule has 0 aromatic carbocycles. The lowest BCUT2D eigenvalue weighted by Gasteiger charge is -2.31. The molecule has 0 spiro atoms. The summed E-state index contributed by atoms with van der Waals surface area (Å²) in [6.45, 7) is 3.43. The molecule has 2 rings (SSSR count). The van der Waals surface area contributed by atoms with E-state index in [0.29, 0.717) is 19.8 Å². The Hall–Kier alpha value is -0.130. The summed E-state index contributed by atoms with van der Waals surface area (Å²) in [5.41, 5.74) is 0. The van der Waals surface area contributed by atoms with E-state index >= 15 is 0 Å². The van der Waals surface area contributed by atoms with Crippen molar-refractivity contribution in [1.29, 1.82) is 0 Å². The Bertz CT molecular complexity index is 284. The van der Waals surface area contributed by atoms with Crippen LogP contribution in [0.2, 0.25) is 0 Å². The van der Waals surface area contributed by atoms with Crippen molar-refractivity contribution in [3.63, 3.8) is 0 Å². The summed E-state index contributed by atoms with van der Waals surface area (Å²) in [7, 11) is -3.04.